The minimum absolute atomic E-state index is 0.194. The van der Waals surface area contributed by atoms with Crippen LogP contribution in [0.1, 0.15) is 38.5 Å². The molecule has 2 aromatic rings. The zero-order valence-electron chi connectivity index (χ0n) is 14.4. The third kappa shape index (κ3) is 3.90. The van der Waals surface area contributed by atoms with Gasteiger partial charge in [0, 0.05) is 30.0 Å². The molecule has 1 unspecified atom stereocenters. The second-order valence-corrected chi connectivity index (χ2v) is 8.32. The summed E-state index contributed by atoms with van der Waals surface area (Å²) in [6, 6.07) is 3.98. The van der Waals surface area contributed by atoms with Gasteiger partial charge in [-0.2, -0.15) is 0 Å². The van der Waals surface area contributed by atoms with Gasteiger partial charge in [-0.3, -0.25) is 9.88 Å². The molecule has 4 nitrogen and oxygen atoms in total. The van der Waals surface area contributed by atoms with Gasteiger partial charge in [-0.1, -0.05) is 0 Å². The molecule has 5 heteroatoms. The Morgan fingerprint density at radius 3 is 2.87 bits per heavy atom. The first-order valence-corrected chi connectivity index (χ1v) is 9.04. The Hall–Kier alpha value is -1.46. The summed E-state index contributed by atoms with van der Waals surface area (Å²) in [6.07, 6.45) is 6.14. The number of aryl methyl sites for hydroxylation is 1. The highest BCUT2D eigenvalue weighted by Crippen LogP contribution is 2.33. The highest BCUT2D eigenvalue weighted by molar-refractivity contribution is 7.15. The van der Waals surface area contributed by atoms with E-state index in [0.29, 0.717) is 0 Å². The molecule has 3 rings (SSSR count). The molecule has 0 amide bonds. The molecule has 0 bridgehead atoms. The first-order chi connectivity index (χ1) is 10.9. The van der Waals surface area contributed by atoms with Crippen LogP contribution >= 0.6 is 11.3 Å². The summed E-state index contributed by atoms with van der Waals surface area (Å²) in [5.74, 6) is 0.787. The van der Waals surface area contributed by atoms with E-state index in [4.69, 9.17) is 9.72 Å². The molecule has 0 spiro atoms. The van der Waals surface area contributed by atoms with Gasteiger partial charge in [0.2, 0.25) is 5.88 Å². The van der Waals surface area contributed by atoms with Crippen molar-refractivity contribution in [1.82, 2.24) is 14.9 Å². The van der Waals surface area contributed by atoms with Crippen LogP contribution in [-0.4, -0.2) is 39.6 Å². The number of likely N-dealkylation sites (tertiary alicyclic amines) is 1. The molecule has 1 aliphatic heterocycles. The zero-order chi connectivity index (χ0) is 16.4. The van der Waals surface area contributed by atoms with Crippen LogP contribution in [-0.2, 0) is 0 Å². The zero-order valence-corrected chi connectivity index (χ0v) is 15.2. The van der Waals surface area contributed by atoms with Crippen molar-refractivity contribution in [1.29, 1.82) is 0 Å². The Morgan fingerprint density at radius 1 is 1.35 bits per heavy atom. The molecule has 1 fully saturated rings. The van der Waals surface area contributed by atoms with Crippen LogP contribution in [0.25, 0.3) is 10.6 Å². The molecule has 0 aliphatic carbocycles. The standard InChI is InChI=1S/C18H25N3OS/c1-13-16(20-17(23-13)14-7-5-9-19-11-14)22-15-8-6-10-21(12-15)18(2,3)4/h5,7,9,11,15H,6,8,10,12H2,1-4H3. The normalized spacial score (nSPS) is 19.7. The van der Waals surface area contributed by atoms with Gasteiger partial charge in [-0.05, 0) is 59.2 Å². The molecule has 2 aromatic heterocycles. The van der Waals surface area contributed by atoms with E-state index in [1.165, 1.54) is 6.42 Å². The van der Waals surface area contributed by atoms with Crippen LogP contribution in [0.5, 0.6) is 5.88 Å². The maximum atomic E-state index is 6.25. The predicted molar refractivity (Wildman–Crippen MR) is 95.1 cm³/mol. The first-order valence-electron chi connectivity index (χ1n) is 8.23. The van der Waals surface area contributed by atoms with E-state index in [1.54, 1.807) is 17.5 Å². The average Bonchev–Trinajstić information content (AvgIpc) is 2.89. The maximum Gasteiger partial charge on any atom is 0.228 e. The molecular weight excluding hydrogens is 306 g/mol. The average molecular weight is 331 g/mol. The molecule has 0 radical (unpaired) electrons. The third-order valence-electron chi connectivity index (χ3n) is 4.27. The van der Waals surface area contributed by atoms with E-state index >= 15 is 0 Å². The molecule has 1 saturated heterocycles. The summed E-state index contributed by atoms with van der Waals surface area (Å²) in [6.45, 7) is 11.0. The van der Waals surface area contributed by atoms with E-state index in [1.807, 2.05) is 18.3 Å². The van der Waals surface area contributed by atoms with Gasteiger partial charge >= 0.3 is 0 Å². The predicted octanol–water partition coefficient (Wildman–Crippen LogP) is 4.16. The summed E-state index contributed by atoms with van der Waals surface area (Å²) in [5, 5.41) is 0.981. The molecule has 0 aromatic carbocycles. The van der Waals surface area contributed by atoms with E-state index in [-0.39, 0.29) is 11.6 Å². The Bertz CT molecular complexity index is 648. The fraction of sp³-hybridized carbons (Fsp3) is 0.556. The van der Waals surface area contributed by atoms with Gasteiger partial charge in [0.15, 0.2) is 0 Å². The van der Waals surface area contributed by atoms with Crippen LogP contribution in [0.4, 0.5) is 0 Å². The maximum absolute atomic E-state index is 6.25. The Morgan fingerprint density at radius 2 is 2.17 bits per heavy atom. The van der Waals surface area contributed by atoms with Crippen LogP contribution in [0.15, 0.2) is 24.5 Å². The Kier molecular flexibility index (Phi) is 4.69. The van der Waals surface area contributed by atoms with Crippen molar-refractivity contribution in [2.24, 2.45) is 0 Å². The lowest BCUT2D eigenvalue weighted by atomic mass is 9.99. The van der Waals surface area contributed by atoms with Crippen molar-refractivity contribution in [2.75, 3.05) is 13.1 Å². The molecule has 1 aliphatic rings. The van der Waals surface area contributed by atoms with E-state index in [2.05, 4.69) is 37.6 Å². The third-order valence-corrected chi connectivity index (χ3v) is 5.27. The number of ether oxygens (including phenoxy) is 1. The monoisotopic (exact) mass is 331 g/mol. The number of aromatic nitrogens is 2. The summed E-state index contributed by atoms with van der Waals surface area (Å²) in [5.41, 5.74) is 1.25. The summed E-state index contributed by atoms with van der Waals surface area (Å²) in [4.78, 5) is 12.5. The number of piperidine rings is 1. The highest BCUT2D eigenvalue weighted by atomic mass is 32.1. The van der Waals surface area contributed by atoms with Gasteiger partial charge in [0.25, 0.3) is 0 Å². The van der Waals surface area contributed by atoms with Crippen LogP contribution in [0, 0.1) is 6.92 Å². The van der Waals surface area contributed by atoms with Crippen molar-refractivity contribution in [3.8, 4) is 16.5 Å². The molecule has 0 saturated carbocycles. The highest BCUT2D eigenvalue weighted by Gasteiger charge is 2.29. The van der Waals surface area contributed by atoms with Gasteiger partial charge in [-0.25, -0.2) is 4.98 Å². The minimum Gasteiger partial charge on any atom is -0.472 e. The number of nitrogens with zero attached hydrogens (tertiary/aromatic N) is 3. The summed E-state index contributed by atoms with van der Waals surface area (Å²) in [7, 11) is 0. The van der Waals surface area contributed by atoms with Gasteiger partial charge < -0.3 is 4.74 Å². The molecule has 23 heavy (non-hydrogen) atoms. The van der Waals surface area contributed by atoms with Crippen LogP contribution < -0.4 is 4.74 Å². The molecule has 124 valence electrons. The Balaban J connectivity index is 1.72. The van der Waals surface area contributed by atoms with Crippen LogP contribution in [0.3, 0.4) is 0 Å². The number of hydrogen-bond acceptors (Lipinski definition) is 5. The number of rotatable bonds is 3. The molecule has 1 atom stereocenters. The lowest BCUT2D eigenvalue weighted by Crippen LogP contribution is -2.50. The SMILES string of the molecule is Cc1sc(-c2cccnc2)nc1OC1CCCN(C(C)(C)C)C1. The number of hydrogen-bond donors (Lipinski definition) is 0. The van der Waals surface area contributed by atoms with Gasteiger partial charge in [-0.15, -0.1) is 11.3 Å². The van der Waals surface area contributed by atoms with Crippen LogP contribution in [0.2, 0.25) is 0 Å². The number of thiazole rings is 1. The fourth-order valence-corrected chi connectivity index (χ4v) is 3.74. The molecular formula is C18H25N3OS. The lowest BCUT2D eigenvalue weighted by molar-refractivity contribution is 0.0327. The van der Waals surface area contributed by atoms with Crippen molar-refractivity contribution >= 4 is 11.3 Å². The lowest BCUT2D eigenvalue weighted by Gasteiger charge is -2.41. The smallest absolute Gasteiger partial charge is 0.228 e. The number of pyridine rings is 1. The van der Waals surface area contributed by atoms with Crippen molar-refractivity contribution < 1.29 is 4.74 Å². The van der Waals surface area contributed by atoms with Gasteiger partial charge in [0.1, 0.15) is 11.1 Å². The fourth-order valence-electron chi connectivity index (χ4n) is 2.91. The quantitative estimate of drug-likeness (QED) is 0.846. The largest absolute Gasteiger partial charge is 0.472 e. The molecule has 3 heterocycles. The van der Waals surface area contributed by atoms with E-state index < -0.39 is 0 Å². The summed E-state index contributed by atoms with van der Waals surface area (Å²) < 4.78 is 6.25. The topological polar surface area (TPSA) is 38.3 Å². The molecule has 0 N–H and O–H groups in total. The minimum atomic E-state index is 0.194. The second kappa shape index (κ2) is 6.57. The Labute approximate surface area is 142 Å². The van der Waals surface area contributed by atoms with Crippen molar-refractivity contribution in [3.63, 3.8) is 0 Å². The summed E-state index contributed by atoms with van der Waals surface area (Å²) >= 11 is 1.67. The van der Waals surface area contributed by atoms with Crippen molar-refractivity contribution in [2.45, 2.75) is 52.2 Å². The first kappa shape index (κ1) is 16.4. The van der Waals surface area contributed by atoms with E-state index in [0.717, 1.165) is 40.8 Å². The van der Waals surface area contributed by atoms with Gasteiger partial charge in [0.05, 0.1) is 4.88 Å². The van der Waals surface area contributed by atoms with E-state index in [9.17, 15) is 0 Å². The second-order valence-electron chi connectivity index (χ2n) is 7.12. The van der Waals surface area contributed by atoms with Crippen molar-refractivity contribution in [3.05, 3.63) is 29.4 Å².